The summed E-state index contributed by atoms with van der Waals surface area (Å²) in [6.07, 6.45) is 5.93. The molecule has 1 aromatic rings. The highest BCUT2D eigenvalue weighted by Crippen LogP contribution is 2.23. The first-order valence-corrected chi connectivity index (χ1v) is 7.83. The molecule has 112 valence electrons. The maximum absolute atomic E-state index is 9.98. The summed E-state index contributed by atoms with van der Waals surface area (Å²) in [6.45, 7) is 2.85. The SMILES string of the molecule is Cc1c(Cl)cccc1NCC(O)COC1CCCCC1. The second-order valence-electron chi connectivity index (χ2n) is 5.54. The van der Waals surface area contributed by atoms with Crippen molar-refractivity contribution in [1.29, 1.82) is 0 Å². The molecular weight excluding hydrogens is 274 g/mol. The zero-order valence-corrected chi connectivity index (χ0v) is 12.8. The van der Waals surface area contributed by atoms with E-state index in [1.54, 1.807) is 0 Å². The van der Waals surface area contributed by atoms with Gasteiger partial charge in [0.05, 0.1) is 18.8 Å². The van der Waals surface area contributed by atoms with Gasteiger partial charge in [0.2, 0.25) is 0 Å². The van der Waals surface area contributed by atoms with Crippen LogP contribution in [0.25, 0.3) is 0 Å². The van der Waals surface area contributed by atoms with E-state index in [4.69, 9.17) is 16.3 Å². The molecule has 1 aliphatic rings. The Hall–Kier alpha value is -0.770. The van der Waals surface area contributed by atoms with E-state index in [0.29, 0.717) is 19.3 Å². The molecule has 2 N–H and O–H groups in total. The van der Waals surface area contributed by atoms with Crippen LogP contribution in [0.2, 0.25) is 5.02 Å². The molecule has 0 bridgehead atoms. The lowest BCUT2D eigenvalue weighted by molar-refractivity contribution is -0.0195. The molecule has 1 saturated carbocycles. The van der Waals surface area contributed by atoms with E-state index >= 15 is 0 Å². The lowest BCUT2D eigenvalue weighted by atomic mass is 9.98. The molecule has 1 aromatic carbocycles. The second-order valence-corrected chi connectivity index (χ2v) is 5.95. The Morgan fingerprint density at radius 3 is 2.85 bits per heavy atom. The van der Waals surface area contributed by atoms with Gasteiger partial charge in [0, 0.05) is 17.3 Å². The molecule has 0 aliphatic heterocycles. The van der Waals surface area contributed by atoms with Crippen LogP contribution in [0.15, 0.2) is 18.2 Å². The van der Waals surface area contributed by atoms with E-state index in [9.17, 15) is 5.11 Å². The number of ether oxygens (including phenoxy) is 1. The quantitative estimate of drug-likeness (QED) is 0.840. The lowest BCUT2D eigenvalue weighted by Gasteiger charge is -2.23. The van der Waals surface area contributed by atoms with Crippen LogP contribution in [0.1, 0.15) is 37.7 Å². The van der Waals surface area contributed by atoms with E-state index < -0.39 is 6.10 Å². The number of aliphatic hydroxyl groups excluding tert-OH is 1. The van der Waals surface area contributed by atoms with Crippen LogP contribution in [0.3, 0.4) is 0 Å². The van der Waals surface area contributed by atoms with Gasteiger partial charge in [-0.25, -0.2) is 0 Å². The monoisotopic (exact) mass is 297 g/mol. The number of hydrogen-bond acceptors (Lipinski definition) is 3. The Morgan fingerprint density at radius 1 is 1.35 bits per heavy atom. The van der Waals surface area contributed by atoms with Gasteiger partial charge in [-0.3, -0.25) is 0 Å². The largest absolute Gasteiger partial charge is 0.389 e. The van der Waals surface area contributed by atoms with Gasteiger partial charge in [-0.05, 0) is 37.5 Å². The molecule has 1 atom stereocenters. The van der Waals surface area contributed by atoms with Crippen LogP contribution in [-0.4, -0.2) is 30.5 Å². The molecule has 0 spiro atoms. The highest BCUT2D eigenvalue weighted by atomic mass is 35.5. The van der Waals surface area contributed by atoms with Crippen molar-refractivity contribution in [2.75, 3.05) is 18.5 Å². The topological polar surface area (TPSA) is 41.5 Å². The summed E-state index contributed by atoms with van der Waals surface area (Å²) >= 11 is 6.06. The van der Waals surface area contributed by atoms with Crippen molar-refractivity contribution < 1.29 is 9.84 Å². The van der Waals surface area contributed by atoms with E-state index in [1.807, 2.05) is 25.1 Å². The fourth-order valence-electron chi connectivity index (χ4n) is 2.56. The second kappa shape index (κ2) is 7.87. The van der Waals surface area contributed by atoms with E-state index in [1.165, 1.54) is 19.3 Å². The number of rotatable bonds is 6. The van der Waals surface area contributed by atoms with Crippen molar-refractivity contribution in [1.82, 2.24) is 0 Å². The lowest BCUT2D eigenvalue weighted by Crippen LogP contribution is -2.28. The molecule has 1 aliphatic carbocycles. The Morgan fingerprint density at radius 2 is 2.10 bits per heavy atom. The molecule has 3 nitrogen and oxygen atoms in total. The highest BCUT2D eigenvalue weighted by Gasteiger charge is 2.15. The van der Waals surface area contributed by atoms with Gasteiger partial charge in [-0.2, -0.15) is 0 Å². The van der Waals surface area contributed by atoms with Crippen LogP contribution in [0.4, 0.5) is 5.69 Å². The molecule has 1 unspecified atom stereocenters. The average Bonchev–Trinajstić information content (AvgIpc) is 2.48. The van der Waals surface area contributed by atoms with Crippen molar-refractivity contribution >= 4 is 17.3 Å². The van der Waals surface area contributed by atoms with Crippen molar-refractivity contribution in [3.05, 3.63) is 28.8 Å². The smallest absolute Gasteiger partial charge is 0.0945 e. The van der Waals surface area contributed by atoms with Gasteiger partial charge < -0.3 is 15.2 Å². The van der Waals surface area contributed by atoms with Gasteiger partial charge in [-0.1, -0.05) is 36.9 Å². The van der Waals surface area contributed by atoms with Crippen molar-refractivity contribution in [3.8, 4) is 0 Å². The van der Waals surface area contributed by atoms with Crippen LogP contribution in [-0.2, 0) is 4.74 Å². The predicted molar refractivity (Wildman–Crippen MR) is 83.5 cm³/mol. The third-order valence-corrected chi connectivity index (χ3v) is 4.28. The maximum atomic E-state index is 9.98. The van der Waals surface area contributed by atoms with Crippen molar-refractivity contribution in [2.24, 2.45) is 0 Å². The van der Waals surface area contributed by atoms with E-state index in [0.717, 1.165) is 29.1 Å². The van der Waals surface area contributed by atoms with Crippen LogP contribution in [0.5, 0.6) is 0 Å². The summed E-state index contributed by atoms with van der Waals surface area (Å²) in [4.78, 5) is 0. The molecule has 0 amide bonds. The first-order valence-electron chi connectivity index (χ1n) is 7.45. The van der Waals surface area contributed by atoms with E-state index in [2.05, 4.69) is 5.32 Å². The maximum Gasteiger partial charge on any atom is 0.0945 e. The predicted octanol–water partition coefficient (Wildman–Crippen LogP) is 3.77. The number of anilines is 1. The third-order valence-electron chi connectivity index (χ3n) is 3.87. The molecule has 1 fully saturated rings. The van der Waals surface area contributed by atoms with Gasteiger partial charge in [0.15, 0.2) is 0 Å². The standard InChI is InChI=1S/C16H24ClNO2/c1-12-15(17)8-5-9-16(12)18-10-13(19)11-20-14-6-3-2-4-7-14/h5,8-9,13-14,18-19H,2-4,6-7,10-11H2,1H3. The molecule has 4 heteroatoms. The first-order chi connectivity index (χ1) is 9.66. The van der Waals surface area contributed by atoms with Gasteiger partial charge >= 0.3 is 0 Å². The third kappa shape index (κ3) is 4.65. The number of aliphatic hydroxyl groups is 1. The Kier molecular flexibility index (Phi) is 6.14. The molecular formula is C16H24ClNO2. The Labute approximate surface area is 126 Å². The number of nitrogens with one attached hydrogen (secondary N) is 1. The zero-order chi connectivity index (χ0) is 14.4. The summed E-state index contributed by atoms with van der Waals surface area (Å²) in [5, 5.41) is 13.9. The minimum absolute atomic E-state index is 0.339. The molecule has 20 heavy (non-hydrogen) atoms. The molecule has 0 radical (unpaired) electrons. The highest BCUT2D eigenvalue weighted by molar-refractivity contribution is 6.31. The normalized spacial score (nSPS) is 17.9. The van der Waals surface area contributed by atoms with Crippen molar-refractivity contribution in [3.63, 3.8) is 0 Å². The fraction of sp³-hybridized carbons (Fsp3) is 0.625. The van der Waals surface area contributed by atoms with Gasteiger partial charge in [0.1, 0.15) is 0 Å². The first kappa shape index (κ1) is 15.6. The van der Waals surface area contributed by atoms with E-state index in [-0.39, 0.29) is 0 Å². The Bertz CT molecular complexity index is 419. The van der Waals surface area contributed by atoms with Gasteiger partial charge in [-0.15, -0.1) is 0 Å². The number of hydrogen-bond donors (Lipinski definition) is 2. The van der Waals surface area contributed by atoms with Crippen LogP contribution in [0, 0.1) is 6.92 Å². The number of halogens is 1. The van der Waals surface area contributed by atoms with Gasteiger partial charge in [0.25, 0.3) is 0 Å². The minimum Gasteiger partial charge on any atom is -0.389 e. The molecule has 0 saturated heterocycles. The van der Waals surface area contributed by atoms with Crippen molar-refractivity contribution in [2.45, 2.75) is 51.2 Å². The summed E-state index contributed by atoms with van der Waals surface area (Å²) < 4.78 is 5.77. The molecule has 2 rings (SSSR count). The fourth-order valence-corrected chi connectivity index (χ4v) is 2.74. The molecule has 0 aromatic heterocycles. The summed E-state index contributed by atoms with van der Waals surface area (Å²) in [5.41, 5.74) is 1.98. The molecule has 0 heterocycles. The zero-order valence-electron chi connectivity index (χ0n) is 12.1. The average molecular weight is 298 g/mol. The minimum atomic E-state index is -0.490. The number of benzene rings is 1. The Balaban J connectivity index is 1.71. The summed E-state index contributed by atoms with van der Waals surface area (Å²) in [7, 11) is 0. The van der Waals surface area contributed by atoms with Crippen LogP contribution >= 0.6 is 11.6 Å². The summed E-state index contributed by atoms with van der Waals surface area (Å²) in [6, 6.07) is 5.74. The summed E-state index contributed by atoms with van der Waals surface area (Å²) in [5.74, 6) is 0. The van der Waals surface area contributed by atoms with Crippen LogP contribution < -0.4 is 5.32 Å².